The Bertz CT molecular complexity index is 511. The first-order valence-electron chi connectivity index (χ1n) is 8.06. The molecule has 0 saturated carbocycles. The molecule has 2 saturated heterocycles. The van der Waals surface area contributed by atoms with Gasteiger partial charge in [-0.05, 0) is 43.8 Å². The highest BCUT2D eigenvalue weighted by Crippen LogP contribution is 2.27. The number of likely N-dealkylation sites (tertiary alicyclic amines) is 2. The Morgan fingerprint density at radius 3 is 2.73 bits per heavy atom. The second-order valence-corrected chi connectivity index (χ2v) is 6.98. The number of nitrogens with zero attached hydrogens (tertiary/aromatic N) is 2. The lowest BCUT2D eigenvalue weighted by Crippen LogP contribution is -2.41. The van der Waals surface area contributed by atoms with Gasteiger partial charge in [0.15, 0.2) is 0 Å². The summed E-state index contributed by atoms with van der Waals surface area (Å²) in [6, 6.07) is 4.47. The Kier molecular flexibility index (Phi) is 5.10. The molecule has 2 amide bonds. The maximum atomic E-state index is 12.1. The standard InChI is InChI=1S/C16H23N3O2S/c20-15(12-19-9-3-6-16(19)21)17-11-13(14-5-4-10-22-14)18-7-1-2-8-18/h4-5,10,13H,1-3,6-9,11-12H2,(H,17,20)/t13-/m0/s1. The van der Waals surface area contributed by atoms with Gasteiger partial charge in [-0.25, -0.2) is 0 Å². The van der Waals surface area contributed by atoms with Crippen LogP contribution in [0.3, 0.4) is 0 Å². The van der Waals surface area contributed by atoms with Crippen LogP contribution in [0.15, 0.2) is 17.5 Å². The molecule has 3 heterocycles. The molecular formula is C16H23N3O2S. The Morgan fingerprint density at radius 1 is 1.27 bits per heavy atom. The lowest BCUT2D eigenvalue weighted by molar-refractivity contribution is -0.133. The van der Waals surface area contributed by atoms with E-state index in [1.54, 1.807) is 16.2 Å². The lowest BCUT2D eigenvalue weighted by atomic mass is 10.2. The molecule has 1 aromatic heterocycles. The molecule has 3 rings (SSSR count). The van der Waals surface area contributed by atoms with Crippen LogP contribution in [0.1, 0.15) is 36.6 Å². The van der Waals surface area contributed by atoms with Crippen molar-refractivity contribution in [2.24, 2.45) is 0 Å². The van der Waals surface area contributed by atoms with Crippen molar-refractivity contribution < 1.29 is 9.59 Å². The molecule has 0 spiro atoms. The Hall–Kier alpha value is -1.40. The quantitative estimate of drug-likeness (QED) is 0.866. The summed E-state index contributed by atoms with van der Waals surface area (Å²) in [5.74, 6) is 0.0560. The van der Waals surface area contributed by atoms with Crippen LogP contribution in [0, 0.1) is 0 Å². The van der Waals surface area contributed by atoms with E-state index in [-0.39, 0.29) is 24.4 Å². The molecule has 22 heavy (non-hydrogen) atoms. The second-order valence-electron chi connectivity index (χ2n) is 6.00. The van der Waals surface area contributed by atoms with Crippen molar-refractivity contribution in [2.45, 2.75) is 31.7 Å². The van der Waals surface area contributed by atoms with E-state index < -0.39 is 0 Å². The van der Waals surface area contributed by atoms with Gasteiger partial charge in [-0.3, -0.25) is 14.5 Å². The van der Waals surface area contributed by atoms with Crippen LogP contribution in [0.2, 0.25) is 0 Å². The van der Waals surface area contributed by atoms with Gasteiger partial charge in [0.25, 0.3) is 0 Å². The van der Waals surface area contributed by atoms with Gasteiger partial charge in [-0.15, -0.1) is 11.3 Å². The highest BCUT2D eigenvalue weighted by atomic mass is 32.1. The third-order valence-electron chi connectivity index (χ3n) is 4.45. The van der Waals surface area contributed by atoms with E-state index in [2.05, 4.69) is 27.7 Å². The summed E-state index contributed by atoms with van der Waals surface area (Å²) in [6.07, 6.45) is 3.92. The van der Waals surface area contributed by atoms with Gasteiger partial charge in [0.1, 0.15) is 0 Å². The van der Waals surface area contributed by atoms with Crippen LogP contribution in [0.25, 0.3) is 0 Å². The molecule has 0 aliphatic carbocycles. The summed E-state index contributed by atoms with van der Waals surface area (Å²) in [6.45, 7) is 3.75. The molecular weight excluding hydrogens is 298 g/mol. The molecule has 2 fully saturated rings. The molecule has 2 aliphatic rings. The molecule has 120 valence electrons. The highest BCUT2D eigenvalue weighted by molar-refractivity contribution is 7.10. The number of carbonyl (C=O) groups is 2. The Balaban J connectivity index is 1.54. The molecule has 0 aromatic carbocycles. The maximum absolute atomic E-state index is 12.1. The summed E-state index contributed by atoms with van der Waals surface area (Å²) < 4.78 is 0. The van der Waals surface area contributed by atoms with Crippen LogP contribution in [-0.4, -0.2) is 54.3 Å². The van der Waals surface area contributed by atoms with Crippen molar-refractivity contribution in [2.75, 3.05) is 32.7 Å². The smallest absolute Gasteiger partial charge is 0.239 e. The topological polar surface area (TPSA) is 52.7 Å². The number of thiophene rings is 1. The van der Waals surface area contributed by atoms with Gasteiger partial charge in [-0.2, -0.15) is 0 Å². The van der Waals surface area contributed by atoms with Gasteiger partial charge in [0.2, 0.25) is 11.8 Å². The van der Waals surface area contributed by atoms with Gasteiger partial charge in [-0.1, -0.05) is 6.07 Å². The Labute approximate surface area is 135 Å². The molecule has 1 aromatic rings. The highest BCUT2D eigenvalue weighted by Gasteiger charge is 2.26. The molecule has 0 bridgehead atoms. The molecule has 1 atom stereocenters. The van der Waals surface area contributed by atoms with E-state index in [1.807, 2.05) is 0 Å². The summed E-state index contributed by atoms with van der Waals surface area (Å²) in [7, 11) is 0. The van der Waals surface area contributed by atoms with Gasteiger partial charge >= 0.3 is 0 Å². The van der Waals surface area contributed by atoms with Crippen molar-refractivity contribution in [1.82, 2.24) is 15.1 Å². The second kappa shape index (κ2) is 7.24. The summed E-state index contributed by atoms with van der Waals surface area (Å²) in [5, 5.41) is 5.11. The SMILES string of the molecule is O=C(CN1CCCC1=O)NC[C@@H](c1cccs1)N1CCCC1. The fourth-order valence-corrected chi connectivity index (χ4v) is 4.12. The first-order chi connectivity index (χ1) is 10.7. The third-order valence-corrected chi connectivity index (χ3v) is 5.43. The molecule has 5 nitrogen and oxygen atoms in total. The minimum atomic E-state index is -0.0454. The third kappa shape index (κ3) is 3.67. The number of hydrogen-bond donors (Lipinski definition) is 1. The normalized spacial score (nSPS) is 20.5. The molecule has 0 radical (unpaired) electrons. The summed E-state index contributed by atoms with van der Waals surface area (Å²) >= 11 is 1.75. The van der Waals surface area contributed by atoms with E-state index in [0.717, 1.165) is 19.5 Å². The van der Waals surface area contributed by atoms with E-state index >= 15 is 0 Å². The fraction of sp³-hybridized carbons (Fsp3) is 0.625. The number of amides is 2. The van der Waals surface area contributed by atoms with Crippen molar-refractivity contribution in [3.05, 3.63) is 22.4 Å². The first-order valence-corrected chi connectivity index (χ1v) is 8.94. The van der Waals surface area contributed by atoms with Gasteiger partial charge in [0, 0.05) is 24.4 Å². The van der Waals surface area contributed by atoms with Crippen molar-refractivity contribution in [1.29, 1.82) is 0 Å². The van der Waals surface area contributed by atoms with Crippen LogP contribution in [0.5, 0.6) is 0 Å². The first kappa shape index (κ1) is 15.5. The number of rotatable bonds is 6. The number of carbonyl (C=O) groups excluding carboxylic acids is 2. The van der Waals surface area contributed by atoms with E-state index in [9.17, 15) is 9.59 Å². The van der Waals surface area contributed by atoms with Crippen molar-refractivity contribution >= 4 is 23.2 Å². The molecule has 2 aliphatic heterocycles. The van der Waals surface area contributed by atoms with Gasteiger partial charge in [0.05, 0.1) is 12.6 Å². The molecule has 1 N–H and O–H groups in total. The average molecular weight is 321 g/mol. The monoisotopic (exact) mass is 321 g/mol. The van der Waals surface area contributed by atoms with Crippen LogP contribution in [-0.2, 0) is 9.59 Å². The summed E-state index contributed by atoms with van der Waals surface area (Å²) in [5.41, 5.74) is 0. The summed E-state index contributed by atoms with van der Waals surface area (Å²) in [4.78, 5) is 29.1. The minimum absolute atomic E-state index is 0.0454. The fourth-order valence-electron chi connectivity index (χ4n) is 3.25. The Morgan fingerprint density at radius 2 is 2.09 bits per heavy atom. The lowest BCUT2D eigenvalue weighted by Gasteiger charge is -2.27. The van der Waals surface area contributed by atoms with Crippen molar-refractivity contribution in [3.63, 3.8) is 0 Å². The van der Waals surface area contributed by atoms with E-state index in [1.165, 1.54) is 17.7 Å². The average Bonchev–Trinajstić information content (AvgIpc) is 3.23. The molecule has 6 heteroatoms. The van der Waals surface area contributed by atoms with E-state index in [0.29, 0.717) is 19.5 Å². The molecule has 0 unspecified atom stereocenters. The minimum Gasteiger partial charge on any atom is -0.353 e. The van der Waals surface area contributed by atoms with Crippen LogP contribution in [0.4, 0.5) is 0 Å². The van der Waals surface area contributed by atoms with Crippen LogP contribution >= 0.6 is 11.3 Å². The zero-order chi connectivity index (χ0) is 15.4. The predicted octanol–water partition coefficient (Wildman–Crippen LogP) is 1.62. The zero-order valence-electron chi connectivity index (χ0n) is 12.8. The number of hydrogen-bond acceptors (Lipinski definition) is 4. The maximum Gasteiger partial charge on any atom is 0.239 e. The van der Waals surface area contributed by atoms with Gasteiger partial charge < -0.3 is 10.2 Å². The van der Waals surface area contributed by atoms with Crippen LogP contribution < -0.4 is 5.32 Å². The predicted molar refractivity (Wildman–Crippen MR) is 86.7 cm³/mol. The zero-order valence-corrected chi connectivity index (χ0v) is 13.6. The number of nitrogens with one attached hydrogen (secondary N) is 1. The van der Waals surface area contributed by atoms with Crippen molar-refractivity contribution in [3.8, 4) is 0 Å². The largest absolute Gasteiger partial charge is 0.353 e. The van der Waals surface area contributed by atoms with E-state index in [4.69, 9.17) is 0 Å².